The van der Waals surface area contributed by atoms with Crippen LogP contribution in [0.15, 0.2) is 42.6 Å². The summed E-state index contributed by atoms with van der Waals surface area (Å²) in [5.74, 6) is 1.59. The zero-order valence-electron chi connectivity index (χ0n) is 12.4. The molecule has 2 rings (SSSR count). The van der Waals surface area contributed by atoms with E-state index < -0.39 is 0 Å². The minimum Gasteiger partial charge on any atom is -0.490 e. The van der Waals surface area contributed by atoms with Gasteiger partial charge >= 0.3 is 0 Å². The van der Waals surface area contributed by atoms with Crippen LogP contribution in [0.5, 0.6) is 5.75 Å². The van der Waals surface area contributed by atoms with Crippen LogP contribution in [-0.2, 0) is 6.42 Å². The van der Waals surface area contributed by atoms with Gasteiger partial charge in [-0.2, -0.15) is 0 Å². The quantitative estimate of drug-likeness (QED) is 0.853. The third-order valence-electron chi connectivity index (χ3n) is 3.31. The van der Waals surface area contributed by atoms with E-state index in [4.69, 9.17) is 4.74 Å². The van der Waals surface area contributed by atoms with Gasteiger partial charge < -0.3 is 10.1 Å². The van der Waals surface area contributed by atoms with Crippen LogP contribution in [0.3, 0.4) is 0 Å². The Balaban J connectivity index is 2.12. The first-order valence-electron chi connectivity index (χ1n) is 7.17. The summed E-state index contributed by atoms with van der Waals surface area (Å²) in [5, 5.41) is 3.41. The molecule has 3 nitrogen and oxygen atoms in total. The lowest BCUT2D eigenvalue weighted by Crippen LogP contribution is -2.09. The van der Waals surface area contributed by atoms with Crippen LogP contribution in [0.1, 0.15) is 37.9 Å². The second-order valence-corrected chi connectivity index (χ2v) is 4.74. The van der Waals surface area contributed by atoms with E-state index >= 15 is 0 Å². The molecule has 1 aromatic heterocycles. The molecule has 0 radical (unpaired) electrons. The first-order valence-corrected chi connectivity index (χ1v) is 7.17. The highest BCUT2D eigenvalue weighted by Gasteiger charge is 2.09. The van der Waals surface area contributed by atoms with Crippen LogP contribution in [0.25, 0.3) is 0 Å². The minimum absolute atomic E-state index is 0.190. The molecule has 0 spiro atoms. The lowest BCUT2D eigenvalue weighted by atomic mass is 10.1. The molecule has 0 amide bonds. The number of anilines is 1. The molecule has 0 aliphatic carbocycles. The van der Waals surface area contributed by atoms with E-state index in [0.717, 1.165) is 18.0 Å². The number of aryl methyl sites for hydroxylation is 1. The Bertz CT molecular complexity index is 537. The molecule has 1 aromatic carbocycles. The zero-order chi connectivity index (χ0) is 14.4. The Morgan fingerprint density at radius 3 is 2.55 bits per heavy atom. The van der Waals surface area contributed by atoms with Gasteiger partial charge in [0.05, 0.1) is 12.6 Å². The Labute approximate surface area is 121 Å². The molecule has 0 saturated heterocycles. The summed E-state index contributed by atoms with van der Waals surface area (Å²) >= 11 is 0. The fourth-order valence-corrected chi connectivity index (χ4v) is 2.10. The summed E-state index contributed by atoms with van der Waals surface area (Å²) in [5.41, 5.74) is 2.60. The minimum atomic E-state index is 0.190. The van der Waals surface area contributed by atoms with E-state index in [1.165, 1.54) is 11.1 Å². The van der Waals surface area contributed by atoms with Crippen LogP contribution in [0.4, 0.5) is 5.82 Å². The Kier molecular flexibility index (Phi) is 4.99. The number of aromatic nitrogens is 1. The Morgan fingerprint density at radius 2 is 1.90 bits per heavy atom. The van der Waals surface area contributed by atoms with Gasteiger partial charge in [-0.15, -0.1) is 0 Å². The average molecular weight is 270 g/mol. The van der Waals surface area contributed by atoms with Crippen molar-refractivity contribution in [3.63, 3.8) is 0 Å². The maximum atomic E-state index is 5.59. The van der Waals surface area contributed by atoms with Gasteiger partial charge in [0.2, 0.25) is 0 Å². The smallest absolute Gasteiger partial charge is 0.169 e. The standard InChI is InChI=1S/C17H22N2O/c1-4-14-8-10-15(11-9-14)13(3)19-17-16(20-5-2)7-6-12-18-17/h6-13H,4-5H2,1-3H3,(H,18,19). The number of hydrogen-bond acceptors (Lipinski definition) is 3. The monoisotopic (exact) mass is 270 g/mol. The van der Waals surface area contributed by atoms with Crippen LogP contribution in [0.2, 0.25) is 0 Å². The predicted molar refractivity (Wildman–Crippen MR) is 83.3 cm³/mol. The largest absolute Gasteiger partial charge is 0.490 e. The van der Waals surface area contributed by atoms with Crippen molar-refractivity contribution in [1.29, 1.82) is 0 Å². The van der Waals surface area contributed by atoms with Gasteiger partial charge in [0.1, 0.15) is 0 Å². The van der Waals surface area contributed by atoms with Crippen molar-refractivity contribution in [1.82, 2.24) is 4.98 Å². The van der Waals surface area contributed by atoms with E-state index in [1.54, 1.807) is 6.20 Å². The highest BCUT2D eigenvalue weighted by molar-refractivity contribution is 5.51. The van der Waals surface area contributed by atoms with Crippen LogP contribution < -0.4 is 10.1 Å². The number of hydrogen-bond donors (Lipinski definition) is 1. The van der Waals surface area contributed by atoms with Crippen molar-refractivity contribution < 1.29 is 4.74 Å². The third kappa shape index (κ3) is 3.50. The van der Waals surface area contributed by atoms with Gasteiger partial charge in [-0.3, -0.25) is 0 Å². The van der Waals surface area contributed by atoms with Crippen molar-refractivity contribution >= 4 is 5.82 Å². The molecule has 0 saturated carbocycles. The van der Waals surface area contributed by atoms with E-state index in [-0.39, 0.29) is 6.04 Å². The second-order valence-electron chi connectivity index (χ2n) is 4.74. The molecule has 1 heterocycles. The molecule has 2 aromatic rings. The summed E-state index contributed by atoms with van der Waals surface area (Å²) in [7, 11) is 0. The van der Waals surface area contributed by atoms with Crippen molar-refractivity contribution in [3.05, 3.63) is 53.7 Å². The molecule has 106 valence electrons. The van der Waals surface area contributed by atoms with Gasteiger partial charge in [0, 0.05) is 6.20 Å². The van der Waals surface area contributed by atoms with E-state index in [2.05, 4.69) is 48.4 Å². The molecule has 3 heteroatoms. The number of nitrogens with one attached hydrogen (secondary N) is 1. The SMILES string of the molecule is CCOc1cccnc1NC(C)c1ccc(CC)cc1. The topological polar surface area (TPSA) is 34.1 Å². The van der Waals surface area contributed by atoms with Crippen LogP contribution in [0, 0.1) is 0 Å². The molecule has 1 unspecified atom stereocenters. The second kappa shape index (κ2) is 6.94. The molecule has 0 bridgehead atoms. The van der Waals surface area contributed by atoms with E-state index in [9.17, 15) is 0 Å². The number of benzene rings is 1. The van der Waals surface area contributed by atoms with Crippen molar-refractivity contribution in [3.8, 4) is 5.75 Å². The first-order chi connectivity index (χ1) is 9.74. The summed E-state index contributed by atoms with van der Waals surface area (Å²) in [6.07, 6.45) is 2.84. The lowest BCUT2D eigenvalue weighted by molar-refractivity contribution is 0.340. The molecule has 0 aliphatic rings. The fraction of sp³-hybridized carbons (Fsp3) is 0.353. The first kappa shape index (κ1) is 14.4. The fourth-order valence-electron chi connectivity index (χ4n) is 2.10. The van der Waals surface area contributed by atoms with Gasteiger partial charge in [0.25, 0.3) is 0 Å². The summed E-state index contributed by atoms with van der Waals surface area (Å²) in [4.78, 5) is 4.36. The zero-order valence-corrected chi connectivity index (χ0v) is 12.4. The Morgan fingerprint density at radius 1 is 1.15 bits per heavy atom. The maximum absolute atomic E-state index is 5.59. The molecule has 20 heavy (non-hydrogen) atoms. The van der Waals surface area contributed by atoms with Gasteiger partial charge in [-0.05, 0) is 43.5 Å². The van der Waals surface area contributed by atoms with Crippen LogP contribution in [-0.4, -0.2) is 11.6 Å². The van der Waals surface area contributed by atoms with Gasteiger partial charge in [-0.1, -0.05) is 31.2 Å². The summed E-state index contributed by atoms with van der Waals surface area (Å²) in [6, 6.07) is 12.7. The summed E-state index contributed by atoms with van der Waals surface area (Å²) in [6.45, 7) is 6.91. The molecular weight excluding hydrogens is 248 g/mol. The van der Waals surface area contributed by atoms with E-state index in [0.29, 0.717) is 6.61 Å². The molecular formula is C17H22N2O. The molecule has 0 fully saturated rings. The molecule has 0 aliphatic heterocycles. The van der Waals surface area contributed by atoms with E-state index in [1.807, 2.05) is 19.1 Å². The van der Waals surface area contributed by atoms with Gasteiger partial charge in [0.15, 0.2) is 11.6 Å². The maximum Gasteiger partial charge on any atom is 0.169 e. The molecule has 1 atom stereocenters. The van der Waals surface area contributed by atoms with Crippen molar-refractivity contribution in [2.45, 2.75) is 33.2 Å². The lowest BCUT2D eigenvalue weighted by Gasteiger charge is -2.17. The number of rotatable bonds is 6. The Hall–Kier alpha value is -2.03. The molecule has 1 N–H and O–H groups in total. The van der Waals surface area contributed by atoms with Gasteiger partial charge in [-0.25, -0.2) is 4.98 Å². The average Bonchev–Trinajstić information content (AvgIpc) is 2.49. The highest BCUT2D eigenvalue weighted by atomic mass is 16.5. The van der Waals surface area contributed by atoms with Crippen molar-refractivity contribution in [2.24, 2.45) is 0 Å². The van der Waals surface area contributed by atoms with Crippen molar-refractivity contribution in [2.75, 3.05) is 11.9 Å². The predicted octanol–water partition coefficient (Wildman–Crippen LogP) is 4.22. The number of nitrogens with zero attached hydrogens (tertiary/aromatic N) is 1. The summed E-state index contributed by atoms with van der Waals surface area (Å²) < 4.78 is 5.59. The number of ether oxygens (including phenoxy) is 1. The normalized spacial score (nSPS) is 11.9. The van der Waals surface area contributed by atoms with Crippen LogP contribution >= 0.6 is 0 Å². The third-order valence-corrected chi connectivity index (χ3v) is 3.31. The number of pyridine rings is 1. The highest BCUT2D eigenvalue weighted by Crippen LogP contribution is 2.25.